The van der Waals surface area contributed by atoms with Gasteiger partial charge in [-0.15, -0.1) is 0 Å². The topological polar surface area (TPSA) is 221 Å². The molecule has 2 amide bonds. The van der Waals surface area contributed by atoms with Crippen molar-refractivity contribution in [3.63, 3.8) is 0 Å². The molecule has 2 aliphatic heterocycles. The van der Waals surface area contributed by atoms with E-state index in [9.17, 15) is 86.6 Å². The smallest absolute Gasteiger partial charge is 0.870 e. The number of hydrogen-bond donors (Lipinski definition) is 3. The molecule has 8 rings (SSSR count). The number of pyridine rings is 2. The Morgan fingerprint density at radius 1 is 0.527 bits per heavy atom. The second kappa shape index (κ2) is 39.7. The number of hydrogen-bond acceptors (Lipinski definition) is 12. The Morgan fingerprint density at radius 2 is 0.864 bits per heavy atom. The summed E-state index contributed by atoms with van der Waals surface area (Å²) in [6.07, 6.45) is -20.0. The number of nitrogens with one attached hydrogen (secondary N) is 2. The van der Waals surface area contributed by atoms with E-state index < -0.39 is 176 Å². The molecule has 6 aromatic rings. The fourth-order valence-corrected chi connectivity index (χ4v) is 13.1. The van der Waals surface area contributed by atoms with Gasteiger partial charge in [0.05, 0.1) is 68.0 Å². The number of aliphatic carboxylic acids is 1. The van der Waals surface area contributed by atoms with Crippen LogP contribution in [0, 0.1) is 62.8 Å². The van der Waals surface area contributed by atoms with Gasteiger partial charge in [-0.2, -0.15) is 79.7 Å². The van der Waals surface area contributed by atoms with E-state index in [1.807, 2.05) is 9.80 Å². The number of alkyl halides is 12. The van der Waals surface area contributed by atoms with Crippen LogP contribution in [0.25, 0.3) is 22.3 Å². The van der Waals surface area contributed by atoms with E-state index in [4.69, 9.17) is 14.2 Å². The molecule has 604 valence electrons. The summed E-state index contributed by atoms with van der Waals surface area (Å²) in [4.78, 5) is 83.4. The Morgan fingerprint density at radius 3 is 1.15 bits per heavy atom. The van der Waals surface area contributed by atoms with E-state index in [2.05, 4.69) is 10.6 Å². The van der Waals surface area contributed by atoms with Crippen molar-refractivity contribution in [1.82, 2.24) is 29.6 Å². The predicted octanol–water partition coefficient (Wildman–Crippen LogP) is 12.8. The molecule has 2 fully saturated rings. The van der Waals surface area contributed by atoms with Crippen LogP contribution >= 0.6 is 27.0 Å². The largest absolute Gasteiger partial charge is 1.00 e. The van der Waals surface area contributed by atoms with Crippen LogP contribution in [-0.2, 0) is 61.5 Å². The number of aromatic nitrogens is 2. The van der Waals surface area contributed by atoms with E-state index >= 15 is 17.6 Å². The summed E-state index contributed by atoms with van der Waals surface area (Å²) < 4.78 is 253. The van der Waals surface area contributed by atoms with Crippen molar-refractivity contribution in [1.29, 1.82) is 0 Å². The second-order valence-electron chi connectivity index (χ2n) is 27.0. The molecule has 17 nitrogen and oxygen atoms in total. The summed E-state index contributed by atoms with van der Waals surface area (Å²) >= 11 is 0. The van der Waals surface area contributed by atoms with Crippen LogP contribution in [0.5, 0.6) is 11.5 Å². The Balaban J connectivity index is 0.000000551. The maximum Gasteiger partial charge on any atom is 1.00 e. The molecule has 110 heavy (non-hydrogen) atoms. The Bertz CT molecular complexity index is 4370. The number of carbonyl (C=O) groups is 4. The minimum absolute atomic E-state index is 0. The average Bonchev–Trinajstić information content (AvgIpc) is 0.755. The molecular formula is C74H87F16LiN6O11S2. The van der Waals surface area contributed by atoms with Gasteiger partial charge in [0, 0.05) is 59.9 Å². The van der Waals surface area contributed by atoms with Crippen molar-refractivity contribution in [2.45, 2.75) is 163 Å². The third-order valence-electron chi connectivity index (χ3n) is 18.6. The van der Waals surface area contributed by atoms with E-state index in [0.717, 1.165) is 34.4 Å². The second-order valence-corrected chi connectivity index (χ2v) is 27.0. The number of likely N-dealkylation sites (tertiary alicyclic amines) is 2. The van der Waals surface area contributed by atoms with E-state index in [1.165, 1.54) is 73.1 Å². The monoisotopic (exact) mass is 1610 g/mol. The molecule has 2 aliphatic rings. The molecule has 0 bridgehead atoms. The SMILES string of the molecule is CCOC(=O)C[C@H](NC(=O)C(CC(C)C)n1cc(CCN2CCC2)c(C(F)(F)F)cc1=O)c1c(F)c(-c2c(C)ccc(OC)c2C)cc(C(F)(F)F)c1F.COc1ccc(C)c(-c2cc(C(F)(F)F)c(F)c([C@H](CC(=O)O)NC(=O)C(CC(C)C)n3cc(CCN4CCC4)c(C(F)(F)F)cc3=O)c2F)c1C.S.S.[Li+].[OH-]. The number of carboxylic acid groups (broad SMARTS) is 1. The quantitative estimate of drug-likeness (QED) is 0.0248. The first-order valence-corrected chi connectivity index (χ1v) is 33.9. The molecule has 0 aliphatic carbocycles. The van der Waals surface area contributed by atoms with Gasteiger partial charge in [0.2, 0.25) is 11.8 Å². The first kappa shape index (κ1) is 96.5. The molecule has 2 aromatic heterocycles. The van der Waals surface area contributed by atoms with Gasteiger partial charge in [0.1, 0.15) is 46.9 Å². The first-order chi connectivity index (χ1) is 49.3. The van der Waals surface area contributed by atoms with Crippen molar-refractivity contribution in [2.24, 2.45) is 11.8 Å². The number of aryl methyl sites for hydroxylation is 2. The van der Waals surface area contributed by atoms with Crippen LogP contribution in [0.4, 0.5) is 70.2 Å². The molecule has 4 heterocycles. The van der Waals surface area contributed by atoms with Crippen molar-refractivity contribution >= 4 is 50.7 Å². The number of carbonyl (C=O) groups excluding carboxylic acids is 3. The van der Waals surface area contributed by atoms with Gasteiger partial charge in [-0.05, 0) is 180 Å². The number of nitrogens with zero attached hydrogens (tertiary/aromatic N) is 4. The molecule has 4 aromatic carbocycles. The Kier molecular flexibility index (Phi) is 34.8. The molecule has 0 saturated carbocycles. The normalized spacial score (nSPS) is 14.3. The maximum absolute atomic E-state index is 16.8. The van der Waals surface area contributed by atoms with Gasteiger partial charge in [-0.1, -0.05) is 39.8 Å². The number of methoxy groups -OCH3 is 2. The van der Waals surface area contributed by atoms with E-state index in [1.54, 1.807) is 27.7 Å². The van der Waals surface area contributed by atoms with Crippen molar-refractivity contribution in [3.8, 4) is 33.8 Å². The molecule has 4 atom stereocenters. The van der Waals surface area contributed by atoms with Crippen LogP contribution in [-0.4, -0.2) is 113 Å². The third kappa shape index (κ3) is 23.0. The molecule has 2 saturated heterocycles. The van der Waals surface area contributed by atoms with E-state index in [-0.39, 0.29) is 153 Å². The van der Waals surface area contributed by atoms with E-state index in [0.29, 0.717) is 49.9 Å². The number of carboxylic acids is 1. The molecule has 0 spiro atoms. The molecule has 2 unspecified atom stereocenters. The number of benzene rings is 4. The number of ether oxygens (including phenoxy) is 3. The van der Waals surface area contributed by atoms with Crippen molar-refractivity contribution < 1.29 is 133 Å². The van der Waals surface area contributed by atoms with Gasteiger partial charge in [0.15, 0.2) is 0 Å². The fourth-order valence-electron chi connectivity index (χ4n) is 13.1. The summed E-state index contributed by atoms with van der Waals surface area (Å²) in [6.45, 7) is 16.8. The predicted molar refractivity (Wildman–Crippen MR) is 382 cm³/mol. The minimum Gasteiger partial charge on any atom is -0.870 e. The first-order valence-electron chi connectivity index (χ1n) is 33.9. The van der Waals surface area contributed by atoms with Crippen LogP contribution < -0.4 is 50.1 Å². The number of rotatable bonds is 27. The zero-order valence-corrected chi connectivity index (χ0v) is 64.2. The van der Waals surface area contributed by atoms with Crippen LogP contribution in [0.2, 0.25) is 0 Å². The average molecular weight is 1610 g/mol. The third-order valence-corrected chi connectivity index (χ3v) is 18.6. The zero-order chi connectivity index (χ0) is 79.2. The van der Waals surface area contributed by atoms with Crippen LogP contribution in [0.15, 0.2) is 70.5 Å². The molecule has 36 heteroatoms. The molecule has 0 radical (unpaired) electrons. The van der Waals surface area contributed by atoms with Crippen molar-refractivity contribution in [2.75, 3.05) is 60.1 Å². The maximum atomic E-state index is 16.8. The van der Waals surface area contributed by atoms with Crippen LogP contribution in [0.1, 0.15) is 164 Å². The van der Waals surface area contributed by atoms with Crippen molar-refractivity contribution in [3.05, 3.63) is 172 Å². The minimum atomic E-state index is -5.40. The number of esters is 1. The Hall–Kier alpha value is -7.68. The Labute approximate surface area is 650 Å². The fraction of sp³-hybridized carbons (Fsp3) is 0.486. The standard InChI is InChI=1S/C38H43F8N3O5.C36H39F8N3O5.Li.H2O.2H2S/c1-7-54-31(51)18-27(33-34(39)24(16-26(35(33)40)38(44,45)46)32-21(4)9-10-29(53-6)22(32)5)47-36(52)28(15-20(2)3)49-19-23(11-14-48-12-8-13-48)25(17-30(49)50)37(41,42)43;1-18(2)13-26(47-17-21(9-12-46-10-6-11-46)23(15-28(47)48)35(39,40)41)34(51)45-25(16-29(49)50)31-32(37)22(14-24(33(31)38)36(42,43)44)30-19(3)7-8-27(52-5)20(30)4;;;;/h9-10,16-17,19-20,27-28H,7-8,11-15,18H2,1-6H3,(H,47,52);7-8,14-15,17-18,25-26H,6,9-13,16H2,1-5H3,(H,45,51)(H,49,50);;3*1H2/q;;+1;;;/p-1/t27-,28?;25-,26?;;;;/m00..../s1. The van der Waals surface area contributed by atoms with Gasteiger partial charge in [-0.25, -0.2) is 17.6 Å². The summed E-state index contributed by atoms with van der Waals surface area (Å²) in [6, 6.07) is -0.462. The number of amides is 2. The molecular weight excluding hydrogens is 1520 g/mol. The number of halogens is 16. The van der Waals surface area contributed by atoms with Gasteiger partial charge >= 0.3 is 55.5 Å². The van der Waals surface area contributed by atoms with Crippen LogP contribution in [0.3, 0.4) is 0 Å². The van der Waals surface area contributed by atoms with Gasteiger partial charge in [0.25, 0.3) is 11.1 Å². The van der Waals surface area contributed by atoms with Gasteiger partial charge < -0.3 is 54.4 Å². The summed E-state index contributed by atoms with van der Waals surface area (Å²) in [5.41, 5.74) is -12.5. The summed E-state index contributed by atoms with van der Waals surface area (Å²) in [7, 11) is 2.57. The zero-order valence-electron chi connectivity index (χ0n) is 62.2. The van der Waals surface area contributed by atoms with Gasteiger partial charge in [-0.3, -0.25) is 28.8 Å². The summed E-state index contributed by atoms with van der Waals surface area (Å²) in [5.74, 6) is -13.1. The molecule has 4 N–H and O–H groups in total. The summed E-state index contributed by atoms with van der Waals surface area (Å²) in [5, 5.41) is 14.1.